The van der Waals surface area contributed by atoms with E-state index in [1.54, 1.807) is 35.8 Å². The Morgan fingerprint density at radius 3 is 2.19 bits per heavy atom. The van der Waals surface area contributed by atoms with Gasteiger partial charge in [0.05, 0.1) is 0 Å². The van der Waals surface area contributed by atoms with E-state index in [1.807, 2.05) is 24.3 Å². The quantitative estimate of drug-likeness (QED) is 0.833. The predicted octanol–water partition coefficient (Wildman–Crippen LogP) is 3.96. The summed E-state index contributed by atoms with van der Waals surface area (Å²) in [7, 11) is 1.75. The van der Waals surface area contributed by atoms with E-state index in [1.165, 1.54) is 17.7 Å². The van der Waals surface area contributed by atoms with Crippen molar-refractivity contribution in [3.8, 4) is 0 Å². The molecule has 2 rings (SSSR count). The van der Waals surface area contributed by atoms with Crippen LogP contribution in [0.25, 0.3) is 0 Å². The van der Waals surface area contributed by atoms with E-state index < -0.39 is 0 Å². The number of thioether (sulfide) groups is 1. The smallest absolute Gasteiger partial charge is 0.253 e. The lowest BCUT2D eigenvalue weighted by molar-refractivity contribution is 0.0785. The van der Waals surface area contributed by atoms with Gasteiger partial charge in [0.25, 0.3) is 5.91 Å². The van der Waals surface area contributed by atoms with Gasteiger partial charge < -0.3 is 4.90 Å². The largest absolute Gasteiger partial charge is 0.337 e. The number of benzene rings is 2. The molecule has 0 heterocycles. The molecule has 0 radical (unpaired) electrons. The molecular weight excluding hydrogens is 285 g/mol. The highest BCUT2D eigenvalue weighted by Gasteiger charge is 2.12. The second-order valence-electron chi connectivity index (χ2n) is 4.92. The summed E-state index contributed by atoms with van der Waals surface area (Å²) in [5, 5.41) is 0. The van der Waals surface area contributed by atoms with Gasteiger partial charge in [0.1, 0.15) is 5.82 Å². The maximum absolute atomic E-state index is 12.9. The first-order chi connectivity index (χ1) is 10.1. The lowest BCUT2D eigenvalue weighted by atomic mass is 10.1. The number of hydrogen-bond acceptors (Lipinski definition) is 2. The molecule has 0 spiro atoms. The molecule has 0 aliphatic rings. The summed E-state index contributed by atoms with van der Waals surface area (Å²) in [5.41, 5.74) is 2.79. The van der Waals surface area contributed by atoms with Crippen molar-refractivity contribution in [2.45, 2.75) is 12.3 Å². The van der Waals surface area contributed by atoms with Crippen LogP contribution in [0, 0.1) is 5.82 Å². The normalized spacial score (nSPS) is 10.4. The van der Waals surface area contributed by atoms with E-state index in [2.05, 4.69) is 6.26 Å². The standard InChI is InChI=1S/C17H18FNOS/c1-19(11-13-5-9-16(18)10-6-13)17(20)15-7-3-14(4-8-15)12-21-2/h3-10H,11-12H2,1-2H3. The number of carbonyl (C=O) groups excluding carboxylic acids is 1. The first kappa shape index (κ1) is 15.6. The molecule has 0 unspecified atom stereocenters. The van der Waals surface area contributed by atoms with Crippen molar-refractivity contribution in [1.82, 2.24) is 4.90 Å². The van der Waals surface area contributed by atoms with E-state index in [4.69, 9.17) is 0 Å². The van der Waals surface area contributed by atoms with Crippen molar-refractivity contribution in [2.24, 2.45) is 0 Å². The first-order valence-electron chi connectivity index (χ1n) is 6.68. The Balaban J connectivity index is 2.02. The van der Waals surface area contributed by atoms with E-state index in [-0.39, 0.29) is 11.7 Å². The van der Waals surface area contributed by atoms with Crippen molar-refractivity contribution < 1.29 is 9.18 Å². The van der Waals surface area contributed by atoms with Crippen molar-refractivity contribution in [3.05, 3.63) is 71.0 Å². The highest BCUT2D eigenvalue weighted by atomic mass is 32.2. The number of nitrogens with zero attached hydrogens (tertiary/aromatic N) is 1. The van der Waals surface area contributed by atoms with Gasteiger partial charge >= 0.3 is 0 Å². The Morgan fingerprint density at radius 2 is 1.62 bits per heavy atom. The zero-order valence-electron chi connectivity index (χ0n) is 12.2. The minimum absolute atomic E-state index is 0.0324. The van der Waals surface area contributed by atoms with Gasteiger partial charge in [-0.05, 0) is 41.6 Å². The van der Waals surface area contributed by atoms with Gasteiger partial charge in [0, 0.05) is 24.9 Å². The van der Waals surface area contributed by atoms with Crippen LogP contribution in [0.2, 0.25) is 0 Å². The molecule has 0 aliphatic heterocycles. The van der Waals surface area contributed by atoms with Gasteiger partial charge in [-0.15, -0.1) is 0 Å². The van der Waals surface area contributed by atoms with Crippen LogP contribution >= 0.6 is 11.8 Å². The molecule has 0 saturated heterocycles. The first-order valence-corrected chi connectivity index (χ1v) is 8.07. The lowest BCUT2D eigenvalue weighted by Crippen LogP contribution is -2.26. The van der Waals surface area contributed by atoms with Gasteiger partial charge in [-0.3, -0.25) is 4.79 Å². The highest BCUT2D eigenvalue weighted by molar-refractivity contribution is 7.97. The summed E-state index contributed by atoms with van der Waals surface area (Å²) in [6.07, 6.45) is 2.05. The summed E-state index contributed by atoms with van der Waals surface area (Å²) in [5.74, 6) is 0.645. The van der Waals surface area contributed by atoms with Gasteiger partial charge in [-0.2, -0.15) is 11.8 Å². The lowest BCUT2D eigenvalue weighted by Gasteiger charge is -2.17. The summed E-state index contributed by atoms with van der Waals surface area (Å²) in [4.78, 5) is 14.0. The van der Waals surface area contributed by atoms with Gasteiger partial charge in [0.15, 0.2) is 0 Å². The van der Waals surface area contributed by atoms with Crippen LogP contribution in [0.15, 0.2) is 48.5 Å². The van der Waals surface area contributed by atoms with Crippen LogP contribution in [0.1, 0.15) is 21.5 Å². The van der Waals surface area contributed by atoms with Gasteiger partial charge in [0.2, 0.25) is 0 Å². The van der Waals surface area contributed by atoms with Gasteiger partial charge in [-0.25, -0.2) is 4.39 Å². The molecular formula is C17H18FNOS. The summed E-state index contributed by atoms with van der Waals surface area (Å²) < 4.78 is 12.9. The fourth-order valence-electron chi connectivity index (χ4n) is 2.07. The number of carbonyl (C=O) groups is 1. The third-order valence-corrected chi connectivity index (χ3v) is 3.81. The zero-order valence-corrected chi connectivity index (χ0v) is 13.0. The second-order valence-corrected chi connectivity index (χ2v) is 5.78. The summed E-state index contributed by atoms with van der Waals surface area (Å²) >= 11 is 1.75. The molecule has 2 aromatic rings. The minimum Gasteiger partial charge on any atom is -0.337 e. The van der Waals surface area contributed by atoms with Crippen molar-refractivity contribution in [2.75, 3.05) is 13.3 Å². The molecule has 1 amide bonds. The van der Waals surface area contributed by atoms with Crippen LogP contribution in [0.5, 0.6) is 0 Å². The second kappa shape index (κ2) is 7.27. The van der Waals surface area contributed by atoms with E-state index in [0.29, 0.717) is 12.1 Å². The molecule has 2 aromatic carbocycles. The Morgan fingerprint density at radius 1 is 1.05 bits per heavy atom. The number of amides is 1. The molecule has 0 aromatic heterocycles. The van der Waals surface area contributed by atoms with Crippen LogP contribution in [0.4, 0.5) is 4.39 Å². The number of rotatable bonds is 5. The fourth-order valence-corrected chi connectivity index (χ4v) is 2.59. The molecule has 4 heteroatoms. The molecule has 21 heavy (non-hydrogen) atoms. The molecule has 0 saturated carbocycles. The molecule has 0 N–H and O–H groups in total. The monoisotopic (exact) mass is 303 g/mol. The summed E-state index contributed by atoms with van der Waals surface area (Å²) in [6.45, 7) is 0.464. The number of hydrogen-bond donors (Lipinski definition) is 0. The van der Waals surface area contributed by atoms with E-state index >= 15 is 0 Å². The number of halogens is 1. The SMILES string of the molecule is CSCc1ccc(C(=O)N(C)Cc2ccc(F)cc2)cc1. The maximum Gasteiger partial charge on any atom is 0.253 e. The third-order valence-electron chi connectivity index (χ3n) is 3.19. The van der Waals surface area contributed by atoms with Crippen LogP contribution in [-0.2, 0) is 12.3 Å². The average molecular weight is 303 g/mol. The Hall–Kier alpha value is -1.81. The van der Waals surface area contributed by atoms with E-state index in [0.717, 1.165) is 11.3 Å². The Bertz CT molecular complexity index is 595. The van der Waals surface area contributed by atoms with Gasteiger partial charge in [-0.1, -0.05) is 24.3 Å². The third kappa shape index (κ3) is 4.33. The maximum atomic E-state index is 12.9. The molecule has 2 nitrogen and oxygen atoms in total. The summed E-state index contributed by atoms with van der Waals surface area (Å²) in [6, 6.07) is 13.9. The molecule has 110 valence electrons. The molecule has 0 bridgehead atoms. The highest BCUT2D eigenvalue weighted by Crippen LogP contribution is 2.13. The Kier molecular flexibility index (Phi) is 5.39. The van der Waals surface area contributed by atoms with Crippen LogP contribution < -0.4 is 0 Å². The van der Waals surface area contributed by atoms with E-state index in [9.17, 15) is 9.18 Å². The zero-order chi connectivity index (χ0) is 15.2. The van der Waals surface area contributed by atoms with Crippen LogP contribution in [0.3, 0.4) is 0 Å². The van der Waals surface area contributed by atoms with Crippen LogP contribution in [-0.4, -0.2) is 24.1 Å². The van der Waals surface area contributed by atoms with Crippen molar-refractivity contribution >= 4 is 17.7 Å². The molecule has 0 fully saturated rings. The molecule has 0 atom stereocenters. The fraction of sp³-hybridized carbons (Fsp3) is 0.235. The molecule has 0 aliphatic carbocycles. The average Bonchev–Trinajstić information content (AvgIpc) is 2.50. The van der Waals surface area contributed by atoms with Crippen molar-refractivity contribution in [3.63, 3.8) is 0 Å². The Labute approximate surface area is 129 Å². The predicted molar refractivity (Wildman–Crippen MR) is 85.9 cm³/mol. The topological polar surface area (TPSA) is 20.3 Å². The minimum atomic E-state index is -0.267. The van der Waals surface area contributed by atoms with Crippen molar-refractivity contribution in [1.29, 1.82) is 0 Å².